The molecule has 2 aromatic rings. The van der Waals surface area contributed by atoms with E-state index in [4.69, 9.17) is 8.83 Å². The lowest BCUT2D eigenvalue weighted by molar-refractivity contribution is 0.438. The Morgan fingerprint density at radius 1 is 1.24 bits per heavy atom. The van der Waals surface area contributed by atoms with Crippen LogP contribution in [0.3, 0.4) is 0 Å². The molecule has 2 rings (SSSR count). The molecule has 92 valence electrons. The predicted octanol–water partition coefficient (Wildman–Crippen LogP) is 4.49. The van der Waals surface area contributed by atoms with Gasteiger partial charge in [-0.15, -0.1) is 0 Å². The Morgan fingerprint density at radius 2 is 2.00 bits per heavy atom. The van der Waals surface area contributed by atoms with Gasteiger partial charge in [0.2, 0.25) is 0 Å². The van der Waals surface area contributed by atoms with Gasteiger partial charge in [0.05, 0.1) is 23.0 Å². The normalized spacial score (nSPS) is 12.9. The smallest absolute Gasteiger partial charge is 0.174 e. The van der Waals surface area contributed by atoms with E-state index < -0.39 is 0 Å². The molecule has 3 nitrogen and oxygen atoms in total. The first-order valence-corrected chi connectivity index (χ1v) is 7.01. The SMILES string of the molecule is CCCNC(c1ccoc1Br)c1occc1Br. The maximum absolute atomic E-state index is 5.53. The Labute approximate surface area is 117 Å². The first-order chi connectivity index (χ1) is 8.24. The van der Waals surface area contributed by atoms with E-state index in [1.54, 1.807) is 12.5 Å². The molecule has 2 aromatic heterocycles. The van der Waals surface area contributed by atoms with Crippen LogP contribution in [0.15, 0.2) is 42.6 Å². The third-order valence-corrected chi connectivity index (χ3v) is 3.76. The Kier molecular flexibility index (Phi) is 4.48. The molecule has 0 bridgehead atoms. The summed E-state index contributed by atoms with van der Waals surface area (Å²) < 4.78 is 12.5. The van der Waals surface area contributed by atoms with E-state index in [1.165, 1.54) is 0 Å². The van der Waals surface area contributed by atoms with Gasteiger partial charge in [0.25, 0.3) is 0 Å². The fraction of sp³-hybridized carbons (Fsp3) is 0.333. The van der Waals surface area contributed by atoms with Crippen molar-refractivity contribution in [3.63, 3.8) is 0 Å². The van der Waals surface area contributed by atoms with Crippen LogP contribution in [0.2, 0.25) is 0 Å². The van der Waals surface area contributed by atoms with Gasteiger partial charge in [-0.05, 0) is 57.0 Å². The van der Waals surface area contributed by atoms with Gasteiger partial charge in [-0.25, -0.2) is 0 Å². The summed E-state index contributed by atoms with van der Waals surface area (Å²) in [5.41, 5.74) is 1.04. The van der Waals surface area contributed by atoms with Crippen molar-refractivity contribution in [2.24, 2.45) is 0 Å². The van der Waals surface area contributed by atoms with Crippen LogP contribution in [0, 0.1) is 0 Å². The molecular formula is C12H13Br2NO2. The number of hydrogen-bond donors (Lipinski definition) is 1. The van der Waals surface area contributed by atoms with Gasteiger partial charge >= 0.3 is 0 Å². The highest BCUT2D eigenvalue weighted by atomic mass is 79.9. The minimum atomic E-state index is -0.00699. The number of halogens is 2. The lowest BCUT2D eigenvalue weighted by Crippen LogP contribution is -2.23. The van der Waals surface area contributed by atoms with E-state index in [9.17, 15) is 0 Å². The fourth-order valence-electron chi connectivity index (χ4n) is 1.65. The molecule has 0 saturated heterocycles. The maximum Gasteiger partial charge on any atom is 0.174 e. The maximum atomic E-state index is 5.53. The van der Waals surface area contributed by atoms with Crippen LogP contribution in [0.25, 0.3) is 0 Å². The first kappa shape index (κ1) is 12.9. The van der Waals surface area contributed by atoms with Crippen molar-refractivity contribution < 1.29 is 8.83 Å². The van der Waals surface area contributed by atoms with Crippen LogP contribution < -0.4 is 5.32 Å². The Bertz CT molecular complexity index is 438. The van der Waals surface area contributed by atoms with Crippen molar-refractivity contribution in [3.8, 4) is 0 Å². The molecule has 17 heavy (non-hydrogen) atoms. The molecule has 0 saturated carbocycles. The van der Waals surface area contributed by atoms with Crippen LogP contribution >= 0.6 is 31.9 Å². The average Bonchev–Trinajstić information content (AvgIpc) is 2.90. The molecule has 0 aliphatic heterocycles. The minimum absolute atomic E-state index is 0.00699. The topological polar surface area (TPSA) is 38.3 Å². The Morgan fingerprint density at radius 3 is 2.53 bits per heavy atom. The van der Waals surface area contributed by atoms with Gasteiger partial charge in [-0.3, -0.25) is 0 Å². The van der Waals surface area contributed by atoms with E-state index in [-0.39, 0.29) is 6.04 Å². The van der Waals surface area contributed by atoms with Crippen LogP contribution in [0.5, 0.6) is 0 Å². The molecule has 0 radical (unpaired) electrons. The van der Waals surface area contributed by atoms with Gasteiger partial charge in [0.15, 0.2) is 4.67 Å². The van der Waals surface area contributed by atoms with Crippen molar-refractivity contribution >= 4 is 31.9 Å². The number of nitrogens with one attached hydrogen (secondary N) is 1. The average molecular weight is 363 g/mol. The van der Waals surface area contributed by atoms with Crippen molar-refractivity contribution in [2.45, 2.75) is 19.4 Å². The van der Waals surface area contributed by atoms with Crippen LogP contribution in [-0.4, -0.2) is 6.54 Å². The van der Waals surface area contributed by atoms with Crippen LogP contribution in [0.4, 0.5) is 0 Å². The lowest BCUT2D eigenvalue weighted by Gasteiger charge is -2.15. The molecular weight excluding hydrogens is 350 g/mol. The monoisotopic (exact) mass is 361 g/mol. The second kappa shape index (κ2) is 5.89. The summed E-state index contributed by atoms with van der Waals surface area (Å²) in [6, 6.07) is 3.82. The molecule has 0 aliphatic rings. The zero-order chi connectivity index (χ0) is 12.3. The molecule has 1 N–H and O–H groups in total. The Hall–Kier alpha value is -0.520. The summed E-state index contributed by atoms with van der Waals surface area (Å²) in [6.45, 7) is 3.04. The molecule has 0 fully saturated rings. The summed E-state index contributed by atoms with van der Waals surface area (Å²) in [7, 11) is 0. The van der Waals surface area contributed by atoms with Crippen molar-refractivity contribution in [1.29, 1.82) is 0 Å². The first-order valence-electron chi connectivity index (χ1n) is 5.43. The van der Waals surface area contributed by atoms with Crippen molar-refractivity contribution in [2.75, 3.05) is 6.54 Å². The lowest BCUT2D eigenvalue weighted by atomic mass is 10.1. The van der Waals surface area contributed by atoms with Crippen molar-refractivity contribution in [3.05, 3.63) is 45.1 Å². The van der Waals surface area contributed by atoms with Crippen molar-refractivity contribution in [1.82, 2.24) is 5.32 Å². The molecule has 0 aliphatic carbocycles. The van der Waals surface area contributed by atoms with E-state index in [2.05, 4.69) is 44.1 Å². The summed E-state index contributed by atoms with van der Waals surface area (Å²) in [4.78, 5) is 0. The molecule has 0 amide bonds. The predicted molar refractivity (Wildman–Crippen MR) is 73.0 cm³/mol. The largest absolute Gasteiger partial charge is 0.466 e. The molecule has 1 unspecified atom stereocenters. The van der Waals surface area contributed by atoms with Gasteiger partial charge in [0.1, 0.15) is 5.76 Å². The van der Waals surface area contributed by atoms with Gasteiger partial charge in [-0.2, -0.15) is 0 Å². The minimum Gasteiger partial charge on any atom is -0.466 e. The molecule has 2 heterocycles. The second-order valence-corrected chi connectivity index (χ2v) is 5.24. The molecule has 0 spiro atoms. The van der Waals surface area contributed by atoms with Crippen LogP contribution in [-0.2, 0) is 0 Å². The number of hydrogen-bond acceptors (Lipinski definition) is 3. The van der Waals surface area contributed by atoms with E-state index >= 15 is 0 Å². The fourth-order valence-corrected chi connectivity index (χ4v) is 2.55. The highest BCUT2D eigenvalue weighted by molar-refractivity contribution is 9.10. The standard InChI is InChI=1S/C12H13Br2NO2/c1-2-5-15-10(8-3-6-17-12(8)14)11-9(13)4-7-16-11/h3-4,6-7,10,15H,2,5H2,1H3. The summed E-state index contributed by atoms with van der Waals surface area (Å²) >= 11 is 6.89. The highest BCUT2D eigenvalue weighted by Crippen LogP contribution is 2.33. The third kappa shape index (κ3) is 2.84. The molecule has 5 heteroatoms. The van der Waals surface area contributed by atoms with Gasteiger partial charge in [0, 0.05) is 5.56 Å². The number of rotatable bonds is 5. The van der Waals surface area contributed by atoms with E-state index in [0.29, 0.717) is 0 Å². The highest BCUT2D eigenvalue weighted by Gasteiger charge is 2.23. The van der Waals surface area contributed by atoms with Gasteiger partial charge in [-0.1, -0.05) is 6.92 Å². The second-order valence-electron chi connectivity index (χ2n) is 3.67. The van der Waals surface area contributed by atoms with E-state index in [1.807, 2.05) is 12.1 Å². The Balaban J connectivity index is 2.32. The molecule has 0 aromatic carbocycles. The zero-order valence-corrected chi connectivity index (χ0v) is 12.5. The summed E-state index contributed by atoms with van der Waals surface area (Å²) in [5.74, 6) is 0.862. The summed E-state index contributed by atoms with van der Waals surface area (Å²) in [6.07, 6.45) is 4.40. The third-order valence-electron chi connectivity index (χ3n) is 2.46. The van der Waals surface area contributed by atoms with Gasteiger partial charge < -0.3 is 14.2 Å². The molecule has 1 atom stereocenters. The zero-order valence-electron chi connectivity index (χ0n) is 9.37. The van der Waals surface area contributed by atoms with E-state index in [0.717, 1.165) is 33.4 Å². The summed E-state index contributed by atoms with van der Waals surface area (Å²) in [5, 5.41) is 3.44. The number of furan rings is 2. The van der Waals surface area contributed by atoms with Crippen LogP contribution in [0.1, 0.15) is 30.7 Å². The quantitative estimate of drug-likeness (QED) is 0.851.